The second kappa shape index (κ2) is 8.25. The molecular weight excluding hydrogens is 467 g/mol. The average molecular weight is 493 g/mol. The van der Waals surface area contributed by atoms with Crippen LogP contribution in [0.4, 0.5) is 10.1 Å². The molecule has 1 saturated carbocycles. The van der Waals surface area contributed by atoms with E-state index in [9.17, 15) is 17.6 Å². The molecule has 0 unspecified atom stereocenters. The van der Waals surface area contributed by atoms with E-state index < -0.39 is 21.3 Å². The summed E-state index contributed by atoms with van der Waals surface area (Å²) in [6.07, 6.45) is 4.57. The number of hydrogen-bond donors (Lipinski definition) is 1. The Kier molecular flexibility index (Phi) is 5.66. The van der Waals surface area contributed by atoms with Gasteiger partial charge in [0.25, 0.3) is 10.0 Å². The van der Waals surface area contributed by atoms with Crippen molar-refractivity contribution in [2.45, 2.75) is 54.9 Å². The van der Waals surface area contributed by atoms with Gasteiger partial charge in [-0.2, -0.15) is 0 Å². The van der Waals surface area contributed by atoms with Crippen LogP contribution in [0.15, 0.2) is 35.2 Å². The van der Waals surface area contributed by atoms with Gasteiger partial charge in [0.15, 0.2) is 0 Å². The molecule has 1 saturated heterocycles. The number of rotatable bonds is 5. The van der Waals surface area contributed by atoms with Crippen LogP contribution < -0.4 is 9.46 Å². The summed E-state index contributed by atoms with van der Waals surface area (Å²) in [5, 5.41) is -0.197. The molecule has 9 heteroatoms. The molecule has 0 amide bonds. The first-order valence-corrected chi connectivity index (χ1v) is 13.1. The van der Waals surface area contributed by atoms with Crippen LogP contribution >= 0.6 is 11.6 Å². The summed E-state index contributed by atoms with van der Waals surface area (Å²) >= 11 is 6.01. The van der Waals surface area contributed by atoms with E-state index in [4.69, 9.17) is 16.3 Å². The molecule has 0 atom stereocenters. The highest BCUT2D eigenvalue weighted by Gasteiger charge is 2.51. The van der Waals surface area contributed by atoms with Crippen LogP contribution in [0.25, 0.3) is 0 Å². The van der Waals surface area contributed by atoms with Gasteiger partial charge in [-0.25, -0.2) is 12.8 Å². The van der Waals surface area contributed by atoms with E-state index >= 15 is 0 Å². The predicted octanol–water partition coefficient (Wildman–Crippen LogP) is 4.30. The first kappa shape index (κ1) is 22.6. The van der Waals surface area contributed by atoms with Crippen LogP contribution in [0.5, 0.6) is 5.75 Å². The van der Waals surface area contributed by atoms with E-state index in [1.54, 1.807) is 12.1 Å². The summed E-state index contributed by atoms with van der Waals surface area (Å²) in [6, 6.07) is 6.59. The number of piperidine rings is 1. The van der Waals surface area contributed by atoms with Crippen molar-refractivity contribution >= 4 is 33.1 Å². The summed E-state index contributed by atoms with van der Waals surface area (Å²) in [7, 11) is -2.00. The smallest absolute Gasteiger partial charge is 0.263 e. The maximum Gasteiger partial charge on any atom is 0.263 e. The van der Waals surface area contributed by atoms with Crippen LogP contribution in [0.2, 0.25) is 5.02 Å². The highest BCUT2D eigenvalue weighted by Crippen LogP contribution is 2.53. The molecule has 2 aliphatic carbocycles. The Hall–Kier alpha value is -2.16. The first-order valence-electron chi connectivity index (χ1n) is 11.2. The second-order valence-electron chi connectivity index (χ2n) is 9.34. The zero-order valence-corrected chi connectivity index (χ0v) is 19.9. The Morgan fingerprint density at radius 3 is 2.55 bits per heavy atom. The highest BCUT2D eigenvalue weighted by atomic mass is 35.5. The van der Waals surface area contributed by atoms with Gasteiger partial charge in [-0.15, -0.1) is 0 Å². The third kappa shape index (κ3) is 4.02. The molecule has 2 fully saturated rings. The third-order valence-electron chi connectivity index (χ3n) is 7.20. The highest BCUT2D eigenvalue weighted by molar-refractivity contribution is 7.92. The van der Waals surface area contributed by atoms with Crippen LogP contribution in [-0.4, -0.2) is 45.3 Å². The lowest BCUT2D eigenvalue weighted by Crippen LogP contribution is -2.39. The SMILES string of the molecule is CN1CCC(Oc2cc(NS(=O)(=O)c3ccc(F)cc3Cl)cc3c2CC(=O)C32CCC2)CC1. The molecule has 0 radical (unpaired) electrons. The van der Waals surface area contributed by atoms with Gasteiger partial charge in [0, 0.05) is 31.1 Å². The summed E-state index contributed by atoms with van der Waals surface area (Å²) in [5.74, 6) is 0.136. The summed E-state index contributed by atoms with van der Waals surface area (Å²) in [6.45, 7) is 1.84. The fraction of sp³-hybridized carbons (Fsp3) is 0.458. The number of hydrogen-bond acceptors (Lipinski definition) is 5. The fourth-order valence-corrected chi connectivity index (χ4v) is 6.74. The number of ether oxygens (including phenoxy) is 1. The number of sulfonamides is 1. The minimum atomic E-state index is -4.07. The molecule has 1 aliphatic heterocycles. The molecule has 2 aromatic carbocycles. The van der Waals surface area contributed by atoms with Gasteiger partial charge in [-0.05, 0) is 62.6 Å². The van der Waals surface area contributed by atoms with Crippen molar-refractivity contribution in [1.29, 1.82) is 0 Å². The molecule has 2 aromatic rings. The number of Topliss-reactive ketones (excluding diaryl/α,β-unsaturated/α-hetero) is 1. The third-order valence-corrected chi connectivity index (χ3v) is 9.06. The number of likely N-dealkylation sites (tertiary alicyclic amines) is 1. The van der Waals surface area contributed by atoms with Crippen molar-refractivity contribution in [3.8, 4) is 5.75 Å². The van der Waals surface area contributed by atoms with Crippen molar-refractivity contribution in [1.82, 2.24) is 4.90 Å². The van der Waals surface area contributed by atoms with Crippen molar-refractivity contribution in [3.63, 3.8) is 0 Å². The Morgan fingerprint density at radius 2 is 1.91 bits per heavy atom. The quantitative estimate of drug-likeness (QED) is 0.673. The van der Waals surface area contributed by atoms with Gasteiger partial charge in [0.05, 0.1) is 16.1 Å². The van der Waals surface area contributed by atoms with Crippen LogP contribution in [-0.2, 0) is 26.7 Å². The van der Waals surface area contributed by atoms with E-state index in [2.05, 4.69) is 16.7 Å². The van der Waals surface area contributed by atoms with E-state index in [1.165, 1.54) is 0 Å². The number of ketones is 1. The van der Waals surface area contributed by atoms with Crippen LogP contribution in [0.3, 0.4) is 0 Å². The van der Waals surface area contributed by atoms with E-state index in [-0.39, 0.29) is 21.8 Å². The van der Waals surface area contributed by atoms with Crippen LogP contribution in [0, 0.1) is 5.82 Å². The van der Waals surface area contributed by atoms with Gasteiger partial charge >= 0.3 is 0 Å². The maximum absolute atomic E-state index is 13.4. The zero-order chi connectivity index (χ0) is 23.4. The Labute approximate surface area is 198 Å². The molecule has 0 bridgehead atoms. The molecule has 176 valence electrons. The van der Waals surface area contributed by atoms with E-state index in [1.807, 2.05) is 0 Å². The molecule has 6 nitrogen and oxygen atoms in total. The molecule has 3 aliphatic rings. The number of anilines is 1. The summed E-state index contributed by atoms with van der Waals surface area (Å²) in [5.41, 5.74) is 1.53. The largest absolute Gasteiger partial charge is 0.490 e. The normalized spacial score (nSPS) is 20.5. The van der Waals surface area contributed by atoms with E-state index in [0.29, 0.717) is 17.9 Å². The molecular formula is C24H26ClFN2O4S. The standard InChI is InChI=1S/C24H26ClFN2O4S/c1-28-9-5-17(6-10-28)32-21-13-16(12-19-18(21)14-23(29)24(19)7-2-8-24)27-33(30,31)22-4-3-15(26)11-20(22)25/h3-4,11-13,17,27H,2,5-10,14H2,1H3. The number of nitrogens with one attached hydrogen (secondary N) is 1. The van der Waals surface area contributed by atoms with Gasteiger partial charge < -0.3 is 9.64 Å². The lowest BCUT2D eigenvalue weighted by atomic mass is 9.64. The molecule has 0 aromatic heterocycles. The number of carbonyl (C=O) groups excluding carboxylic acids is 1. The van der Waals surface area contributed by atoms with Gasteiger partial charge in [-0.1, -0.05) is 18.0 Å². The Morgan fingerprint density at radius 1 is 1.18 bits per heavy atom. The van der Waals surface area contributed by atoms with Gasteiger partial charge in [0.2, 0.25) is 0 Å². The predicted molar refractivity (Wildman–Crippen MR) is 124 cm³/mol. The monoisotopic (exact) mass is 492 g/mol. The molecule has 5 rings (SSSR count). The number of benzene rings is 2. The van der Waals surface area contributed by atoms with Gasteiger partial charge in [-0.3, -0.25) is 9.52 Å². The van der Waals surface area contributed by atoms with Gasteiger partial charge in [0.1, 0.15) is 28.3 Å². The number of fused-ring (bicyclic) bond motifs is 2. The lowest BCUT2D eigenvalue weighted by Gasteiger charge is -2.38. The van der Waals surface area contributed by atoms with Crippen molar-refractivity contribution in [2.24, 2.45) is 0 Å². The summed E-state index contributed by atoms with van der Waals surface area (Å²) < 4.78 is 48.5. The number of nitrogens with zero attached hydrogens (tertiary/aromatic N) is 1. The minimum Gasteiger partial charge on any atom is -0.490 e. The van der Waals surface area contributed by atoms with E-state index in [0.717, 1.165) is 74.5 Å². The zero-order valence-electron chi connectivity index (χ0n) is 18.4. The second-order valence-corrected chi connectivity index (χ2v) is 11.4. The minimum absolute atomic E-state index is 0.0109. The average Bonchev–Trinajstić information content (AvgIpc) is 3.01. The number of carbonyl (C=O) groups is 1. The Bertz CT molecular complexity index is 1220. The first-order chi connectivity index (χ1) is 15.7. The maximum atomic E-state index is 13.4. The number of halogens is 2. The molecule has 1 heterocycles. The summed E-state index contributed by atoms with van der Waals surface area (Å²) in [4.78, 5) is 15.0. The Balaban J connectivity index is 1.52. The topological polar surface area (TPSA) is 75.7 Å². The fourth-order valence-electron chi connectivity index (χ4n) is 5.16. The molecule has 1 N–H and O–H groups in total. The lowest BCUT2D eigenvalue weighted by molar-refractivity contribution is -0.125. The van der Waals surface area contributed by atoms with Crippen molar-refractivity contribution in [3.05, 3.63) is 52.3 Å². The van der Waals surface area contributed by atoms with Crippen LogP contribution in [0.1, 0.15) is 43.2 Å². The van der Waals surface area contributed by atoms with Crippen molar-refractivity contribution < 1.29 is 22.3 Å². The molecule has 1 spiro atoms. The van der Waals surface area contributed by atoms with Crippen molar-refractivity contribution in [2.75, 3.05) is 24.9 Å². The molecule has 33 heavy (non-hydrogen) atoms.